The molecule has 5 nitrogen and oxygen atoms in total. The minimum Gasteiger partial charge on any atom is -0.481 e. The molecule has 18 heavy (non-hydrogen) atoms. The van der Waals surface area contributed by atoms with Gasteiger partial charge in [-0.25, -0.2) is 8.42 Å². The molecule has 1 aromatic rings. The molecule has 2 atom stereocenters. The smallest absolute Gasteiger partial charge is 0.313 e. The van der Waals surface area contributed by atoms with Gasteiger partial charge in [0.1, 0.15) is 5.41 Å². The Bertz CT molecular complexity index is 580. The lowest BCUT2D eigenvalue weighted by atomic mass is 10.1. The molecular weight excluding hydrogens is 280 g/mol. The largest absolute Gasteiger partial charge is 0.481 e. The van der Waals surface area contributed by atoms with Crippen LogP contribution in [0.3, 0.4) is 0 Å². The van der Waals surface area contributed by atoms with Gasteiger partial charge < -0.3 is 10.2 Å². The van der Waals surface area contributed by atoms with Gasteiger partial charge in [0.2, 0.25) is 0 Å². The van der Waals surface area contributed by atoms with Gasteiger partial charge >= 0.3 is 5.97 Å². The number of aliphatic carboxylic acids is 1. The average molecular weight is 291 g/mol. The number of halogens is 1. The van der Waals surface area contributed by atoms with Crippen molar-refractivity contribution in [3.63, 3.8) is 0 Å². The van der Waals surface area contributed by atoms with Crippen LogP contribution in [0.5, 0.6) is 0 Å². The number of hydrogen-bond donors (Lipinski definition) is 2. The lowest BCUT2D eigenvalue weighted by molar-refractivity contribution is -0.144. The molecule has 2 N–H and O–H groups in total. The van der Waals surface area contributed by atoms with Crippen molar-refractivity contribution in [2.45, 2.75) is 16.6 Å². The summed E-state index contributed by atoms with van der Waals surface area (Å²) in [4.78, 5) is 11.0. The minimum atomic E-state index is -3.75. The average Bonchev–Trinajstić information content (AvgIpc) is 3.06. The molecule has 0 amide bonds. The zero-order valence-corrected chi connectivity index (χ0v) is 10.8. The summed E-state index contributed by atoms with van der Waals surface area (Å²) in [5.41, 5.74) is -1.56. The van der Waals surface area contributed by atoms with E-state index in [2.05, 4.69) is 0 Å². The van der Waals surface area contributed by atoms with E-state index in [1.165, 1.54) is 24.3 Å². The highest BCUT2D eigenvalue weighted by molar-refractivity contribution is 7.92. The molecule has 1 aliphatic rings. The maximum Gasteiger partial charge on any atom is 0.313 e. The first kappa shape index (κ1) is 13.3. The van der Waals surface area contributed by atoms with Crippen LogP contribution in [0.1, 0.15) is 6.42 Å². The fourth-order valence-corrected chi connectivity index (χ4v) is 4.18. The third-order valence-electron chi connectivity index (χ3n) is 3.23. The molecule has 1 saturated carbocycles. The summed E-state index contributed by atoms with van der Waals surface area (Å²) in [5, 5.41) is 17.4. The number of rotatable bonds is 4. The molecule has 0 bridgehead atoms. The van der Waals surface area contributed by atoms with Crippen LogP contribution in [0.2, 0.25) is 5.02 Å². The Labute approximate surface area is 109 Å². The van der Waals surface area contributed by atoms with Crippen LogP contribution in [0.4, 0.5) is 0 Å². The third-order valence-corrected chi connectivity index (χ3v) is 5.78. The molecule has 1 fully saturated rings. The molecular formula is C11H11ClO5S. The van der Waals surface area contributed by atoms with Crippen LogP contribution in [-0.2, 0) is 14.6 Å². The number of carboxylic acid groups (broad SMARTS) is 1. The second-order valence-electron chi connectivity index (χ2n) is 4.31. The van der Waals surface area contributed by atoms with Crippen molar-refractivity contribution in [2.24, 2.45) is 5.41 Å². The van der Waals surface area contributed by atoms with E-state index in [1.807, 2.05) is 0 Å². The monoisotopic (exact) mass is 290 g/mol. The van der Waals surface area contributed by atoms with Gasteiger partial charge in [-0.3, -0.25) is 4.79 Å². The number of hydrogen-bond acceptors (Lipinski definition) is 4. The van der Waals surface area contributed by atoms with Gasteiger partial charge in [0.05, 0.1) is 16.8 Å². The molecule has 7 heteroatoms. The van der Waals surface area contributed by atoms with E-state index in [1.54, 1.807) is 0 Å². The van der Waals surface area contributed by atoms with Gasteiger partial charge in [-0.1, -0.05) is 11.6 Å². The number of carbonyl (C=O) groups is 1. The van der Waals surface area contributed by atoms with Crippen LogP contribution < -0.4 is 0 Å². The standard InChI is InChI=1S/C11H11ClO5S/c12-7-1-3-8(4-2-7)18(16,17)9-5-11(9,6-13)10(14)15/h1-4,9,13H,5-6H2,(H,14,15). The van der Waals surface area contributed by atoms with Gasteiger partial charge in [0.25, 0.3) is 0 Å². The summed E-state index contributed by atoms with van der Waals surface area (Å²) in [7, 11) is -3.75. The zero-order valence-electron chi connectivity index (χ0n) is 9.21. The Morgan fingerprint density at radius 3 is 2.33 bits per heavy atom. The fourth-order valence-electron chi connectivity index (χ4n) is 1.93. The van der Waals surface area contributed by atoms with Crippen molar-refractivity contribution in [1.29, 1.82) is 0 Å². The fraction of sp³-hybridized carbons (Fsp3) is 0.364. The van der Waals surface area contributed by atoms with Crippen molar-refractivity contribution in [2.75, 3.05) is 6.61 Å². The maximum atomic E-state index is 12.2. The first-order valence-electron chi connectivity index (χ1n) is 5.18. The van der Waals surface area contributed by atoms with Gasteiger partial charge in [-0.05, 0) is 30.7 Å². The molecule has 0 saturated heterocycles. The van der Waals surface area contributed by atoms with Crippen molar-refractivity contribution in [3.05, 3.63) is 29.3 Å². The van der Waals surface area contributed by atoms with Gasteiger partial charge in [-0.2, -0.15) is 0 Å². The number of aliphatic hydroxyl groups excluding tert-OH is 1. The van der Waals surface area contributed by atoms with Gasteiger partial charge in [0.15, 0.2) is 9.84 Å². The molecule has 0 aliphatic heterocycles. The zero-order chi connectivity index (χ0) is 13.6. The normalized spacial score (nSPS) is 26.9. The molecule has 2 rings (SSSR count). The summed E-state index contributed by atoms with van der Waals surface area (Å²) >= 11 is 5.66. The molecule has 2 unspecified atom stereocenters. The van der Waals surface area contributed by atoms with E-state index in [4.69, 9.17) is 21.8 Å². The van der Waals surface area contributed by atoms with E-state index in [-0.39, 0.29) is 11.3 Å². The number of sulfone groups is 1. The molecule has 0 aromatic heterocycles. The van der Waals surface area contributed by atoms with Crippen molar-refractivity contribution in [3.8, 4) is 0 Å². The highest BCUT2D eigenvalue weighted by Crippen LogP contribution is 2.52. The Morgan fingerprint density at radius 2 is 1.94 bits per heavy atom. The highest BCUT2D eigenvalue weighted by atomic mass is 35.5. The predicted octanol–water partition coefficient (Wildman–Crippen LogP) is 0.949. The summed E-state index contributed by atoms with van der Waals surface area (Å²) in [5.74, 6) is -1.28. The van der Waals surface area contributed by atoms with E-state index >= 15 is 0 Å². The Morgan fingerprint density at radius 1 is 1.39 bits per heavy atom. The highest BCUT2D eigenvalue weighted by Gasteiger charge is 2.66. The van der Waals surface area contributed by atoms with E-state index < -0.39 is 33.1 Å². The van der Waals surface area contributed by atoms with Crippen LogP contribution in [-0.4, -0.2) is 36.5 Å². The van der Waals surface area contributed by atoms with Crippen LogP contribution in [0.25, 0.3) is 0 Å². The van der Waals surface area contributed by atoms with Crippen LogP contribution >= 0.6 is 11.6 Å². The summed E-state index contributed by atoms with van der Waals surface area (Å²) in [6.07, 6.45) is -0.0657. The Hall–Kier alpha value is -1.11. The van der Waals surface area contributed by atoms with Gasteiger partial charge in [-0.15, -0.1) is 0 Å². The first-order valence-corrected chi connectivity index (χ1v) is 7.11. The third kappa shape index (κ3) is 1.90. The molecule has 98 valence electrons. The van der Waals surface area contributed by atoms with Crippen LogP contribution in [0.15, 0.2) is 29.2 Å². The molecule has 0 spiro atoms. The second kappa shape index (κ2) is 4.22. The van der Waals surface area contributed by atoms with Gasteiger partial charge in [0, 0.05) is 5.02 Å². The molecule has 1 aliphatic carbocycles. The predicted molar refractivity (Wildman–Crippen MR) is 64.2 cm³/mol. The van der Waals surface area contributed by atoms with Crippen molar-refractivity contribution >= 4 is 27.4 Å². The van der Waals surface area contributed by atoms with Crippen LogP contribution in [0, 0.1) is 5.41 Å². The second-order valence-corrected chi connectivity index (χ2v) is 6.88. The quantitative estimate of drug-likeness (QED) is 0.861. The Kier molecular flexibility index (Phi) is 3.12. The lowest BCUT2D eigenvalue weighted by Gasteiger charge is -2.09. The maximum absolute atomic E-state index is 12.2. The minimum absolute atomic E-state index is 0.0217. The summed E-state index contributed by atoms with van der Waals surface area (Å²) in [6.45, 7) is -0.681. The van der Waals surface area contributed by atoms with E-state index in [0.717, 1.165) is 0 Å². The summed E-state index contributed by atoms with van der Waals surface area (Å²) < 4.78 is 24.3. The Balaban J connectivity index is 2.35. The van der Waals surface area contributed by atoms with E-state index in [0.29, 0.717) is 5.02 Å². The van der Waals surface area contributed by atoms with Crippen molar-refractivity contribution < 1.29 is 23.4 Å². The topological polar surface area (TPSA) is 91.7 Å². The number of carboxylic acids is 1. The molecule has 0 heterocycles. The van der Waals surface area contributed by atoms with Crippen molar-refractivity contribution in [1.82, 2.24) is 0 Å². The number of aliphatic hydroxyl groups is 1. The van der Waals surface area contributed by atoms with E-state index in [9.17, 15) is 13.2 Å². The SMILES string of the molecule is O=C(O)C1(CO)CC1S(=O)(=O)c1ccc(Cl)cc1. The first-order chi connectivity index (χ1) is 8.34. The number of benzene rings is 1. The molecule has 0 radical (unpaired) electrons. The summed E-state index contributed by atoms with van der Waals surface area (Å²) in [6, 6.07) is 5.52. The lowest BCUT2D eigenvalue weighted by Crippen LogP contribution is -2.27. The molecule has 1 aromatic carbocycles.